The number of nitrogens with one attached hydrogen (secondary N) is 1. The first-order valence-electron chi connectivity index (χ1n) is 10.9. The van der Waals surface area contributed by atoms with E-state index in [1.54, 1.807) is 19.1 Å². The summed E-state index contributed by atoms with van der Waals surface area (Å²) in [7, 11) is 0. The van der Waals surface area contributed by atoms with Crippen LogP contribution in [0.2, 0.25) is 0 Å². The number of benzene rings is 2. The van der Waals surface area contributed by atoms with Crippen LogP contribution in [0.1, 0.15) is 65.2 Å². The van der Waals surface area contributed by atoms with Gasteiger partial charge in [-0.1, -0.05) is 19.6 Å². The predicted molar refractivity (Wildman–Crippen MR) is 124 cm³/mol. The van der Waals surface area contributed by atoms with Crippen LogP contribution in [0.3, 0.4) is 0 Å². The third kappa shape index (κ3) is 6.84. The number of hydrogen-bond donors (Lipinski definition) is 1. The Morgan fingerprint density at radius 1 is 1.21 bits per heavy atom. The lowest BCUT2D eigenvalue weighted by atomic mass is 10.00. The van der Waals surface area contributed by atoms with Crippen molar-refractivity contribution < 1.29 is 27.1 Å². The summed E-state index contributed by atoms with van der Waals surface area (Å²) in [5, 5.41) is 2.92. The summed E-state index contributed by atoms with van der Waals surface area (Å²) in [6.45, 7) is 8.69. The molecule has 0 aromatic heterocycles. The van der Waals surface area contributed by atoms with Crippen LogP contribution in [0.25, 0.3) is 4.91 Å². The Morgan fingerprint density at radius 3 is 2.55 bits per heavy atom. The fourth-order valence-electron chi connectivity index (χ4n) is 3.63. The number of halogens is 4. The molecule has 2 aromatic carbocycles. The normalized spacial score (nSPS) is 14.7. The molecule has 8 heteroatoms. The van der Waals surface area contributed by atoms with E-state index >= 15 is 0 Å². The van der Waals surface area contributed by atoms with Gasteiger partial charge in [-0.2, -0.15) is 13.2 Å². The number of alkyl halides is 3. The van der Waals surface area contributed by atoms with E-state index < -0.39 is 17.6 Å². The number of rotatable bonds is 10. The minimum absolute atomic E-state index is 0.189. The summed E-state index contributed by atoms with van der Waals surface area (Å²) < 4.78 is 58.2. The number of ether oxygens (including phenoxy) is 1. The van der Waals surface area contributed by atoms with Gasteiger partial charge in [0.15, 0.2) is 0 Å². The summed E-state index contributed by atoms with van der Waals surface area (Å²) in [5.41, 5.74) is 1.59. The smallest absolute Gasteiger partial charge is 0.416 e. The Balaban J connectivity index is 1.79. The second-order valence-corrected chi connectivity index (χ2v) is 9.23. The van der Waals surface area contributed by atoms with E-state index in [9.17, 15) is 22.4 Å². The summed E-state index contributed by atoms with van der Waals surface area (Å²) in [5.74, 6) is -0.941. The van der Waals surface area contributed by atoms with Gasteiger partial charge in [0.05, 0.1) is 23.1 Å². The van der Waals surface area contributed by atoms with Gasteiger partial charge in [-0.3, -0.25) is 0 Å². The van der Waals surface area contributed by atoms with Crippen molar-refractivity contribution in [2.75, 3.05) is 13.2 Å². The molecule has 0 bridgehead atoms. The first-order chi connectivity index (χ1) is 15.6. The molecule has 0 amide bonds. The molecule has 0 aliphatic heterocycles. The molecule has 1 unspecified atom stereocenters. The molecule has 1 fully saturated rings. The zero-order valence-corrected chi connectivity index (χ0v) is 19.4. The highest BCUT2D eigenvalue weighted by atomic mass is 32.2. The lowest BCUT2D eigenvalue weighted by Crippen LogP contribution is -2.28. The summed E-state index contributed by atoms with van der Waals surface area (Å²) in [4.78, 5) is 13.0. The zero-order chi connectivity index (χ0) is 24.2. The van der Waals surface area contributed by atoms with Crippen LogP contribution in [-0.4, -0.2) is 24.5 Å². The standard InChI is InChI=1S/C25H27F4NO2S/c1-4-30-23(12-16-10-19(25(27,28)29)14-20(26)11-16)33-15(3)18-8-9-21(24(31)32-5-2)22(13-18)17-6-7-17/h8-11,13-14,17,23,30H,3-7,12H2,1-2H3. The molecule has 0 heterocycles. The van der Waals surface area contributed by atoms with Crippen molar-refractivity contribution in [1.29, 1.82) is 0 Å². The number of thioether (sulfide) groups is 1. The third-order valence-corrected chi connectivity index (χ3v) is 6.45. The van der Waals surface area contributed by atoms with Crippen molar-refractivity contribution >= 4 is 22.6 Å². The van der Waals surface area contributed by atoms with E-state index in [0.717, 1.165) is 36.1 Å². The Labute approximate surface area is 195 Å². The summed E-state index contributed by atoms with van der Waals surface area (Å²) in [6, 6.07) is 8.12. The first-order valence-corrected chi connectivity index (χ1v) is 11.8. The highest BCUT2D eigenvalue weighted by Crippen LogP contribution is 2.43. The van der Waals surface area contributed by atoms with Crippen LogP contribution < -0.4 is 5.32 Å². The van der Waals surface area contributed by atoms with Crippen LogP contribution in [0.15, 0.2) is 43.0 Å². The van der Waals surface area contributed by atoms with Gasteiger partial charge in [-0.15, -0.1) is 11.8 Å². The van der Waals surface area contributed by atoms with Gasteiger partial charge in [0.2, 0.25) is 0 Å². The highest BCUT2D eigenvalue weighted by molar-refractivity contribution is 8.08. The Bertz CT molecular complexity index is 1020. The van der Waals surface area contributed by atoms with Crippen LogP contribution in [0.4, 0.5) is 17.6 Å². The minimum atomic E-state index is -4.61. The number of carbonyl (C=O) groups excluding carboxylic acids is 1. The maximum absolute atomic E-state index is 13.8. The highest BCUT2D eigenvalue weighted by Gasteiger charge is 2.32. The zero-order valence-electron chi connectivity index (χ0n) is 18.6. The maximum Gasteiger partial charge on any atom is 0.416 e. The van der Waals surface area contributed by atoms with Crippen LogP contribution in [0.5, 0.6) is 0 Å². The molecule has 1 saturated carbocycles. The Morgan fingerprint density at radius 2 is 1.94 bits per heavy atom. The molecule has 178 valence electrons. The predicted octanol–water partition coefficient (Wildman–Crippen LogP) is 6.78. The molecule has 1 aliphatic rings. The van der Waals surface area contributed by atoms with E-state index in [1.807, 2.05) is 13.0 Å². The number of carbonyl (C=O) groups is 1. The van der Waals surface area contributed by atoms with E-state index in [4.69, 9.17) is 4.74 Å². The molecule has 0 saturated heterocycles. The number of likely N-dealkylation sites (N-methyl/N-ethyl adjacent to an activating group) is 1. The van der Waals surface area contributed by atoms with Crippen LogP contribution >= 0.6 is 11.8 Å². The molecule has 3 rings (SSSR count). The van der Waals surface area contributed by atoms with Crippen molar-refractivity contribution in [3.8, 4) is 0 Å². The largest absolute Gasteiger partial charge is 0.462 e. The second kappa shape index (κ2) is 10.7. The molecule has 2 aromatic rings. The average molecular weight is 482 g/mol. The van der Waals surface area contributed by atoms with Gasteiger partial charge in [-0.05, 0) is 85.7 Å². The molecule has 1 aliphatic carbocycles. The lowest BCUT2D eigenvalue weighted by Gasteiger charge is -2.20. The number of hydrogen-bond acceptors (Lipinski definition) is 4. The first kappa shape index (κ1) is 25.3. The topological polar surface area (TPSA) is 38.3 Å². The molecule has 1 atom stereocenters. The van der Waals surface area contributed by atoms with E-state index in [0.29, 0.717) is 35.6 Å². The van der Waals surface area contributed by atoms with Gasteiger partial charge >= 0.3 is 12.1 Å². The fraction of sp³-hybridized carbons (Fsp3) is 0.400. The SMILES string of the molecule is C=C(SC(Cc1cc(F)cc(C(F)(F)F)c1)NCC)c1ccc(C(=O)OCC)c(C2CC2)c1. The molecular weight excluding hydrogens is 454 g/mol. The number of esters is 1. The minimum Gasteiger partial charge on any atom is -0.462 e. The maximum atomic E-state index is 13.8. The van der Waals surface area contributed by atoms with Crippen molar-refractivity contribution in [3.63, 3.8) is 0 Å². The Kier molecular flexibility index (Phi) is 8.23. The Hall–Kier alpha value is -2.32. The van der Waals surface area contributed by atoms with Crippen molar-refractivity contribution in [3.05, 3.63) is 76.6 Å². The monoisotopic (exact) mass is 481 g/mol. The second-order valence-electron chi connectivity index (χ2n) is 7.93. The lowest BCUT2D eigenvalue weighted by molar-refractivity contribution is -0.137. The van der Waals surface area contributed by atoms with Crippen LogP contribution in [-0.2, 0) is 17.3 Å². The van der Waals surface area contributed by atoms with Crippen molar-refractivity contribution in [1.82, 2.24) is 5.32 Å². The van der Waals surface area contributed by atoms with E-state index in [-0.39, 0.29) is 23.3 Å². The molecule has 1 N–H and O–H groups in total. The fourth-order valence-corrected chi connectivity index (χ4v) is 4.76. The molecule has 3 nitrogen and oxygen atoms in total. The quantitative estimate of drug-likeness (QED) is 0.231. The average Bonchev–Trinajstić information content (AvgIpc) is 3.58. The molecule has 33 heavy (non-hydrogen) atoms. The third-order valence-electron chi connectivity index (χ3n) is 5.31. The van der Waals surface area contributed by atoms with Gasteiger partial charge < -0.3 is 10.1 Å². The van der Waals surface area contributed by atoms with Gasteiger partial charge in [0.25, 0.3) is 0 Å². The van der Waals surface area contributed by atoms with Crippen LogP contribution in [0, 0.1) is 5.82 Å². The van der Waals surface area contributed by atoms with Crippen molar-refractivity contribution in [2.45, 2.75) is 50.6 Å². The van der Waals surface area contributed by atoms with Gasteiger partial charge in [-0.25, -0.2) is 9.18 Å². The summed E-state index contributed by atoms with van der Waals surface area (Å²) in [6.07, 6.45) is -2.40. The summed E-state index contributed by atoms with van der Waals surface area (Å²) >= 11 is 1.38. The molecular formula is C25H27F4NO2S. The van der Waals surface area contributed by atoms with Crippen molar-refractivity contribution in [2.24, 2.45) is 0 Å². The molecule has 0 radical (unpaired) electrons. The van der Waals surface area contributed by atoms with E-state index in [1.165, 1.54) is 11.8 Å². The van der Waals surface area contributed by atoms with Gasteiger partial charge in [0, 0.05) is 4.91 Å². The molecule has 0 spiro atoms. The van der Waals surface area contributed by atoms with Gasteiger partial charge in [0.1, 0.15) is 5.82 Å². The van der Waals surface area contributed by atoms with E-state index in [2.05, 4.69) is 11.9 Å².